The monoisotopic (exact) mass is 484 g/mol. The van der Waals surface area contributed by atoms with Crippen molar-refractivity contribution in [1.82, 2.24) is 5.16 Å². The molecule has 36 heavy (non-hydrogen) atoms. The number of anilines is 1. The molecule has 3 heterocycles. The Morgan fingerprint density at radius 2 is 1.67 bits per heavy atom. The third-order valence-electron chi connectivity index (χ3n) is 5.72. The molecule has 1 amide bonds. The number of hydrogen-bond donors (Lipinski definition) is 1. The molecule has 0 fully saturated rings. The minimum absolute atomic E-state index is 0.00495. The predicted octanol–water partition coefficient (Wildman–Crippen LogP) is 5.48. The number of furan rings is 1. The number of ether oxygens (including phenoxy) is 2. The van der Waals surface area contributed by atoms with Crippen LogP contribution in [0.15, 0.2) is 81.7 Å². The number of amides is 1. The molecule has 1 aliphatic heterocycles. The van der Waals surface area contributed by atoms with Crippen LogP contribution in [0.4, 0.5) is 10.1 Å². The lowest BCUT2D eigenvalue weighted by atomic mass is 10.1. The molecule has 178 valence electrons. The third-order valence-corrected chi connectivity index (χ3v) is 5.72. The van der Waals surface area contributed by atoms with Crippen LogP contribution in [0.2, 0.25) is 0 Å². The molecule has 0 bridgehead atoms. The van der Waals surface area contributed by atoms with Crippen molar-refractivity contribution >= 4 is 28.3 Å². The summed E-state index contributed by atoms with van der Waals surface area (Å²) < 4.78 is 35.7. The van der Waals surface area contributed by atoms with Gasteiger partial charge < -0.3 is 23.7 Å². The van der Waals surface area contributed by atoms with E-state index < -0.39 is 17.5 Å². The van der Waals surface area contributed by atoms with Gasteiger partial charge in [-0.15, -0.1) is 0 Å². The van der Waals surface area contributed by atoms with Crippen molar-refractivity contribution in [3.8, 4) is 22.8 Å². The van der Waals surface area contributed by atoms with E-state index >= 15 is 0 Å². The Bertz CT molecular complexity index is 1620. The summed E-state index contributed by atoms with van der Waals surface area (Å²) in [5.41, 5.74) is 1.48. The second kappa shape index (κ2) is 8.70. The smallest absolute Gasteiger partial charge is 0.277 e. The van der Waals surface area contributed by atoms with Crippen LogP contribution in [0.5, 0.6) is 11.5 Å². The highest BCUT2D eigenvalue weighted by atomic mass is 19.1. The summed E-state index contributed by atoms with van der Waals surface area (Å²) in [7, 11) is 0. The SMILES string of the molecule is O=C(Nc1c(C(=O)c2ccc(F)cc2)oc2ccccc12)c1cc(-c2ccc3c(c2)OCCO3)on1. The maximum absolute atomic E-state index is 13.3. The summed E-state index contributed by atoms with van der Waals surface area (Å²) in [4.78, 5) is 26.3. The summed E-state index contributed by atoms with van der Waals surface area (Å²) in [5, 5.41) is 7.16. The van der Waals surface area contributed by atoms with Crippen molar-refractivity contribution in [3.63, 3.8) is 0 Å². The van der Waals surface area contributed by atoms with Crippen LogP contribution < -0.4 is 14.8 Å². The first-order valence-corrected chi connectivity index (χ1v) is 11.1. The van der Waals surface area contributed by atoms with E-state index in [1.165, 1.54) is 30.3 Å². The van der Waals surface area contributed by atoms with Gasteiger partial charge >= 0.3 is 0 Å². The number of hydrogen-bond acceptors (Lipinski definition) is 7. The van der Waals surface area contributed by atoms with Crippen LogP contribution in [0.3, 0.4) is 0 Å². The molecular formula is C27H17FN2O6. The highest BCUT2D eigenvalue weighted by Gasteiger charge is 2.25. The largest absolute Gasteiger partial charge is 0.486 e. The number of aromatic nitrogens is 1. The van der Waals surface area contributed by atoms with Crippen molar-refractivity contribution in [2.45, 2.75) is 0 Å². The summed E-state index contributed by atoms with van der Waals surface area (Å²) in [6.45, 7) is 0.922. The quantitative estimate of drug-likeness (QED) is 0.329. The lowest BCUT2D eigenvalue weighted by Gasteiger charge is -2.18. The van der Waals surface area contributed by atoms with Gasteiger partial charge in [-0.05, 0) is 54.6 Å². The van der Waals surface area contributed by atoms with E-state index in [2.05, 4.69) is 10.5 Å². The Labute approximate surface area is 203 Å². The zero-order valence-corrected chi connectivity index (χ0v) is 18.6. The van der Waals surface area contributed by atoms with E-state index in [4.69, 9.17) is 18.4 Å². The number of nitrogens with zero attached hydrogens (tertiary/aromatic N) is 1. The van der Waals surface area contributed by atoms with E-state index in [0.717, 1.165) is 0 Å². The molecule has 5 aromatic rings. The topological polar surface area (TPSA) is 104 Å². The number of carbonyl (C=O) groups excluding carboxylic acids is 2. The van der Waals surface area contributed by atoms with Crippen LogP contribution in [0.25, 0.3) is 22.3 Å². The van der Waals surface area contributed by atoms with E-state index in [9.17, 15) is 14.0 Å². The Hall–Kier alpha value is -4.92. The fraction of sp³-hybridized carbons (Fsp3) is 0.0741. The fourth-order valence-electron chi connectivity index (χ4n) is 3.95. The van der Waals surface area contributed by atoms with E-state index in [1.807, 2.05) is 0 Å². The molecule has 3 aromatic carbocycles. The van der Waals surface area contributed by atoms with Gasteiger partial charge in [0.25, 0.3) is 5.91 Å². The normalized spacial score (nSPS) is 12.5. The molecule has 0 spiro atoms. The number of fused-ring (bicyclic) bond motifs is 2. The zero-order valence-electron chi connectivity index (χ0n) is 18.6. The average Bonchev–Trinajstić information content (AvgIpc) is 3.54. The standard InChI is InChI=1S/C27H17FN2O6/c28-17-8-5-15(6-9-17)25(31)26-24(18-3-1-2-4-20(18)35-26)29-27(32)19-14-22(36-30-19)16-7-10-21-23(13-16)34-12-11-33-21/h1-10,13-14H,11-12H2,(H,29,32). The van der Waals surface area contributed by atoms with Crippen molar-refractivity contribution in [2.75, 3.05) is 18.5 Å². The summed E-state index contributed by atoms with van der Waals surface area (Å²) in [6, 6.07) is 18.8. The minimum atomic E-state index is -0.595. The van der Waals surface area contributed by atoms with Crippen LogP contribution in [0, 0.1) is 5.82 Å². The van der Waals surface area contributed by atoms with Gasteiger partial charge in [0.1, 0.15) is 24.6 Å². The van der Waals surface area contributed by atoms with Gasteiger partial charge in [0.15, 0.2) is 28.7 Å². The van der Waals surface area contributed by atoms with Gasteiger partial charge in [0.2, 0.25) is 5.78 Å². The first-order chi connectivity index (χ1) is 17.6. The second-order valence-corrected chi connectivity index (χ2v) is 8.03. The van der Waals surface area contributed by atoms with Gasteiger partial charge in [0, 0.05) is 22.6 Å². The van der Waals surface area contributed by atoms with Gasteiger partial charge in [-0.3, -0.25) is 9.59 Å². The molecule has 0 saturated carbocycles. The molecule has 9 heteroatoms. The van der Waals surface area contributed by atoms with Crippen LogP contribution >= 0.6 is 0 Å². The summed E-state index contributed by atoms with van der Waals surface area (Å²) >= 11 is 0. The highest BCUT2D eigenvalue weighted by molar-refractivity contribution is 6.18. The third kappa shape index (κ3) is 3.86. The Kier molecular flexibility index (Phi) is 5.22. The fourth-order valence-corrected chi connectivity index (χ4v) is 3.95. The van der Waals surface area contributed by atoms with Gasteiger partial charge in [-0.25, -0.2) is 4.39 Å². The van der Waals surface area contributed by atoms with E-state index in [1.54, 1.807) is 42.5 Å². The predicted molar refractivity (Wildman–Crippen MR) is 127 cm³/mol. The Balaban J connectivity index is 1.31. The van der Waals surface area contributed by atoms with Gasteiger partial charge in [-0.2, -0.15) is 0 Å². The lowest BCUT2D eigenvalue weighted by Crippen LogP contribution is -2.15. The van der Waals surface area contributed by atoms with Crippen molar-refractivity contribution < 1.29 is 32.4 Å². The first kappa shape index (κ1) is 21.6. The molecule has 0 unspecified atom stereocenters. The molecule has 1 aliphatic rings. The molecule has 0 aliphatic carbocycles. The van der Waals surface area contributed by atoms with Crippen LogP contribution in [-0.4, -0.2) is 30.1 Å². The Morgan fingerprint density at radius 3 is 2.50 bits per heavy atom. The zero-order chi connectivity index (χ0) is 24.6. The van der Waals surface area contributed by atoms with Crippen LogP contribution in [0.1, 0.15) is 26.6 Å². The molecule has 6 rings (SSSR count). The van der Waals surface area contributed by atoms with Gasteiger partial charge in [-0.1, -0.05) is 17.3 Å². The maximum atomic E-state index is 13.3. The number of halogens is 1. The van der Waals surface area contributed by atoms with E-state index in [-0.39, 0.29) is 22.7 Å². The van der Waals surface area contributed by atoms with Crippen molar-refractivity contribution in [3.05, 3.63) is 95.6 Å². The van der Waals surface area contributed by atoms with Crippen molar-refractivity contribution in [1.29, 1.82) is 0 Å². The molecule has 2 aromatic heterocycles. The van der Waals surface area contributed by atoms with Gasteiger partial charge in [0.05, 0.1) is 5.69 Å². The molecule has 0 radical (unpaired) electrons. The summed E-state index contributed by atoms with van der Waals surface area (Å²) in [6.07, 6.45) is 0. The number of rotatable bonds is 5. The number of nitrogens with one attached hydrogen (secondary N) is 1. The lowest BCUT2D eigenvalue weighted by molar-refractivity contribution is 0.101. The highest BCUT2D eigenvalue weighted by Crippen LogP contribution is 2.36. The molecule has 1 N–H and O–H groups in total. The molecule has 0 saturated heterocycles. The van der Waals surface area contributed by atoms with Crippen molar-refractivity contribution in [2.24, 2.45) is 0 Å². The molecule has 0 atom stereocenters. The minimum Gasteiger partial charge on any atom is -0.486 e. The van der Waals surface area contributed by atoms with E-state index in [0.29, 0.717) is 47.0 Å². The summed E-state index contributed by atoms with van der Waals surface area (Å²) in [5.74, 6) is -0.0726. The molecule has 8 nitrogen and oxygen atoms in total. The first-order valence-electron chi connectivity index (χ1n) is 11.1. The Morgan fingerprint density at radius 1 is 0.889 bits per heavy atom. The molecular weight excluding hydrogens is 467 g/mol. The number of carbonyl (C=O) groups is 2. The number of para-hydroxylation sites is 1. The average molecular weight is 484 g/mol. The maximum Gasteiger partial charge on any atom is 0.277 e. The number of benzene rings is 3. The second-order valence-electron chi connectivity index (χ2n) is 8.03. The number of ketones is 1. The van der Waals surface area contributed by atoms with Crippen LogP contribution in [-0.2, 0) is 0 Å².